The van der Waals surface area contributed by atoms with Gasteiger partial charge in [0, 0.05) is 44.1 Å². The number of carbonyl (C=O) groups is 3. The second-order valence-corrected chi connectivity index (χ2v) is 8.19. The Bertz CT molecular complexity index is 851. The molecule has 0 aromatic carbocycles. The molecule has 0 atom stereocenters. The van der Waals surface area contributed by atoms with Crippen molar-refractivity contribution in [3.63, 3.8) is 0 Å². The van der Waals surface area contributed by atoms with Crippen LogP contribution in [0.15, 0.2) is 28.6 Å². The minimum atomic E-state index is -2.97. The van der Waals surface area contributed by atoms with Gasteiger partial charge in [-0.05, 0) is 26.2 Å². The number of hydrogen-bond donors (Lipinski definition) is 3. The van der Waals surface area contributed by atoms with Gasteiger partial charge in [-0.1, -0.05) is 0 Å². The molecule has 1 rings (SSSR count). The Hall–Kier alpha value is -1.53. The van der Waals surface area contributed by atoms with E-state index in [4.69, 9.17) is 9.52 Å². The second-order valence-electron chi connectivity index (χ2n) is 7.08. The Morgan fingerprint density at radius 1 is 1.14 bits per heavy atom. The Morgan fingerprint density at radius 2 is 1.67 bits per heavy atom. The van der Waals surface area contributed by atoms with E-state index in [0.29, 0.717) is 12.4 Å². The van der Waals surface area contributed by atoms with Crippen LogP contribution in [0.2, 0.25) is 0 Å². The van der Waals surface area contributed by atoms with Gasteiger partial charge in [-0.15, -0.1) is 0 Å². The molecule has 0 aliphatic rings. The normalized spacial score (nSPS) is 10.8. The standard InChI is InChI=1S/C13H22N4O3S.C6H8O7.2Bi/c1-14-13(9-17(18)19)15-6-7-21-10-12-5-4-11(20-12)8-16(2)3;7-3(8)1-6(13,5(11)12)2-4(9)10;;/h4-5,9,14-15H,6-8,10H2,1-3H3;13H,1-2H2,(H,7,8)(H,9,10)(H,11,12);;/q;;2*+3/p-3/b13-9-;;;. The summed E-state index contributed by atoms with van der Waals surface area (Å²) < 4.78 is 5.70. The molecule has 0 saturated carbocycles. The average molecular weight is 921 g/mol. The maximum absolute atomic E-state index is 10.3. The zero-order valence-corrected chi connectivity index (χ0v) is 27.6. The number of nitro groups is 1. The summed E-state index contributed by atoms with van der Waals surface area (Å²) in [5.41, 5.74) is -2.97. The number of furan rings is 1. The van der Waals surface area contributed by atoms with Gasteiger partial charge in [0.15, 0.2) is 5.82 Å². The van der Waals surface area contributed by atoms with Crippen molar-refractivity contribution in [2.75, 3.05) is 33.4 Å². The van der Waals surface area contributed by atoms with E-state index >= 15 is 0 Å². The monoisotopic (exact) mass is 921 g/mol. The van der Waals surface area contributed by atoms with Crippen LogP contribution in [0, 0.1) is 10.1 Å². The smallest absolute Gasteiger partial charge is 0.550 e. The number of aliphatic carboxylic acids is 3. The maximum atomic E-state index is 10.3. The van der Waals surface area contributed by atoms with Gasteiger partial charge in [0.2, 0.25) is 0 Å². The van der Waals surface area contributed by atoms with Crippen molar-refractivity contribution >= 4 is 82.1 Å². The van der Waals surface area contributed by atoms with E-state index in [1.165, 1.54) is 0 Å². The molecule has 196 valence electrons. The molecule has 0 spiro atoms. The van der Waals surface area contributed by atoms with Crippen molar-refractivity contribution in [1.82, 2.24) is 15.5 Å². The first-order valence-electron chi connectivity index (χ1n) is 9.69. The number of nitrogens with one attached hydrogen (secondary N) is 2. The van der Waals surface area contributed by atoms with Crippen LogP contribution in [-0.4, -0.2) is 124 Å². The fraction of sp³-hybridized carbons (Fsp3) is 0.526. The predicted molar refractivity (Wildman–Crippen MR) is 125 cm³/mol. The molecule has 3 N–H and O–H groups in total. The third-order valence-electron chi connectivity index (χ3n) is 3.75. The van der Waals surface area contributed by atoms with Crippen molar-refractivity contribution in [2.24, 2.45) is 0 Å². The van der Waals surface area contributed by atoms with Gasteiger partial charge in [0.1, 0.15) is 17.1 Å². The zero-order chi connectivity index (χ0) is 26.3. The van der Waals surface area contributed by atoms with Crippen molar-refractivity contribution in [3.05, 3.63) is 45.8 Å². The molecule has 17 heteroatoms. The molecular formula is C19H27Bi2N4O10S+3. The molecule has 0 aliphatic carbocycles. The minimum Gasteiger partial charge on any atom is -0.550 e. The van der Waals surface area contributed by atoms with Crippen LogP contribution in [0.1, 0.15) is 24.4 Å². The SMILES string of the molecule is CN/C(=C/[N+](=O)[O-])NCCSCc1ccc(CN(C)C)o1.O=C([O-])CC(O)(CC(=O)[O-])C(=O)[O-].[Bi+3].[Bi+3]. The molecule has 4 radical (unpaired) electrons. The number of carboxylic acids is 3. The first-order chi connectivity index (χ1) is 15.8. The van der Waals surface area contributed by atoms with Crippen LogP contribution >= 0.6 is 11.8 Å². The van der Waals surface area contributed by atoms with Crippen LogP contribution in [-0.2, 0) is 26.7 Å². The first kappa shape index (κ1) is 39.0. The van der Waals surface area contributed by atoms with Crippen molar-refractivity contribution < 1.29 is 44.2 Å². The molecule has 0 saturated heterocycles. The second kappa shape index (κ2) is 20.5. The summed E-state index contributed by atoms with van der Waals surface area (Å²) in [6, 6.07) is 3.98. The van der Waals surface area contributed by atoms with Gasteiger partial charge in [-0.25, -0.2) is 0 Å². The molecule has 0 unspecified atom stereocenters. The minimum absolute atomic E-state index is 0. The van der Waals surface area contributed by atoms with Crippen LogP contribution in [0.5, 0.6) is 0 Å². The van der Waals surface area contributed by atoms with Gasteiger partial charge in [0.05, 0.1) is 23.2 Å². The van der Waals surface area contributed by atoms with E-state index in [-0.39, 0.29) is 52.4 Å². The predicted octanol–water partition coefficient (Wildman–Crippen LogP) is -4.56. The molecule has 14 nitrogen and oxygen atoms in total. The number of carbonyl (C=O) groups excluding carboxylic acids is 3. The number of nitrogens with zero attached hydrogens (tertiary/aromatic N) is 2. The van der Waals surface area contributed by atoms with E-state index in [1.807, 2.05) is 26.2 Å². The van der Waals surface area contributed by atoms with Crippen LogP contribution < -0.4 is 26.0 Å². The molecule has 0 fully saturated rings. The number of carboxylic acid groups (broad SMARTS) is 3. The molecule has 0 aliphatic heterocycles. The number of hydrogen-bond acceptors (Lipinski definition) is 14. The Labute approximate surface area is 250 Å². The summed E-state index contributed by atoms with van der Waals surface area (Å²) in [7, 11) is 5.64. The summed E-state index contributed by atoms with van der Waals surface area (Å²) in [5, 5.41) is 55.0. The number of thioether (sulfide) groups is 1. The average Bonchev–Trinajstić information content (AvgIpc) is 3.12. The van der Waals surface area contributed by atoms with Gasteiger partial charge in [-0.3, -0.25) is 10.1 Å². The summed E-state index contributed by atoms with van der Waals surface area (Å²) in [5.74, 6) is -2.04. The zero-order valence-electron chi connectivity index (χ0n) is 19.8. The summed E-state index contributed by atoms with van der Waals surface area (Å²) in [6.07, 6.45) is -1.79. The molecule has 0 bridgehead atoms. The van der Waals surface area contributed by atoms with Crippen LogP contribution in [0.3, 0.4) is 0 Å². The fourth-order valence-corrected chi connectivity index (χ4v) is 3.06. The van der Waals surface area contributed by atoms with Crippen molar-refractivity contribution in [3.8, 4) is 0 Å². The number of rotatable bonds is 15. The third-order valence-corrected chi connectivity index (χ3v) is 4.73. The van der Waals surface area contributed by atoms with E-state index in [1.54, 1.807) is 18.8 Å². The molecule has 1 aromatic rings. The quantitative estimate of drug-likeness (QED) is 0.0653. The van der Waals surface area contributed by atoms with E-state index in [9.17, 15) is 39.8 Å². The molecule has 1 heterocycles. The fourth-order valence-electron chi connectivity index (χ4n) is 2.32. The Morgan fingerprint density at radius 3 is 2.08 bits per heavy atom. The van der Waals surface area contributed by atoms with Crippen LogP contribution in [0.25, 0.3) is 0 Å². The molecule has 0 amide bonds. The summed E-state index contributed by atoms with van der Waals surface area (Å²) in [6.45, 7) is 1.44. The topological polar surface area (TPSA) is 224 Å². The van der Waals surface area contributed by atoms with Crippen LogP contribution in [0.4, 0.5) is 0 Å². The van der Waals surface area contributed by atoms with Gasteiger partial charge < -0.3 is 54.8 Å². The van der Waals surface area contributed by atoms with E-state index < -0.39 is 41.3 Å². The largest absolute Gasteiger partial charge is 3.00 e. The Kier molecular flexibility index (Phi) is 22.2. The summed E-state index contributed by atoms with van der Waals surface area (Å²) >= 11 is 1.72. The van der Waals surface area contributed by atoms with E-state index in [2.05, 4.69) is 15.5 Å². The Balaban J connectivity index is -0.000000634. The van der Waals surface area contributed by atoms with Gasteiger partial charge in [0.25, 0.3) is 6.20 Å². The van der Waals surface area contributed by atoms with Crippen molar-refractivity contribution in [2.45, 2.75) is 30.7 Å². The van der Waals surface area contributed by atoms with Gasteiger partial charge in [-0.2, -0.15) is 11.8 Å². The molecular weight excluding hydrogens is 894 g/mol. The summed E-state index contributed by atoms with van der Waals surface area (Å²) in [4.78, 5) is 41.9. The number of aliphatic hydroxyl groups is 1. The maximum Gasteiger partial charge on any atom is 3.00 e. The molecule has 36 heavy (non-hydrogen) atoms. The van der Waals surface area contributed by atoms with Gasteiger partial charge >= 0.3 is 52.4 Å². The third kappa shape index (κ3) is 18.7. The van der Waals surface area contributed by atoms with Crippen molar-refractivity contribution in [1.29, 1.82) is 0 Å². The molecule has 1 aromatic heterocycles. The van der Waals surface area contributed by atoms with E-state index in [0.717, 1.165) is 35.8 Å². The first-order valence-corrected chi connectivity index (χ1v) is 10.8.